The molecule has 3 nitrogen and oxygen atoms in total. The smallest absolute Gasteiger partial charge is 0.350 e. The van der Waals surface area contributed by atoms with Gasteiger partial charge in [0.05, 0.1) is 11.1 Å². The van der Waals surface area contributed by atoms with E-state index in [0.29, 0.717) is 31.0 Å². The molecule has 7 heteroatoms. The van der Waals surface area contributed by atoms with Crippen LogP contribution < -0.4 is 11.1 Å². The SMILES string of the molecule is CCC(N)(CC)CNC(=O)c1cc(C(F)(F)F)ccc1F. The Morgan fingerprint density at radius 3 is 2.29 bits per heavy atom. The highest BCUT2D eigenvalue weighted by Gasteiger charge is 2.32. The van der Waals surface area contributed by atoms with Crippen LogP contribution in [0.15, 0.2) is 18.2 Å². The van der Waals surface area contributed by atoms with Crippen LogP contribution in [0.4, 0.5) is 17.6 Å². The molecule has 0 radical (unpaired) electrons. The van der Waals surface area contributed by atoms with E-state index < -0.39 is 34.6 Å². The predicted molar refractivity (Wildman–Crippen MR) is 71.2 cm³/mol. The number of halogens is 4. The summed E-state index contributed by atoms with van der Waals surface area (Å²) < 4.78 is 51.3. The molecule has 0 heterocycles. The first-order valence-corrected chi connectivity index (χ1v) is 6.57. The molecule has 0 aliphatic rings. The molecule has 0 aliphatic heterocycles. The highest BCUT2D eigenvalue weighted by atomic mass is 19.4. The summed E-state index contributed by atoms with van der Waals surface area (Å²) >= 11 is 0. The number of carbonyl (C=O) groups is 1. The van der Waals surface area contributed by atoms with Crippen molar-refractivity contribution in [1.29, 1.82) is 0 Å². The summed E-state index contributed by atoms with van der Waals surface area (Å²) in [5.41, 5.74) is 3.60. The molecule has 1 aromatic rings. The van der Waals surface area contributed by atoms with Crippen molar-refractivity contribution in [2.45, 2.75) is 38.4 Å². The first-order valence-electron chi connectivity index (χ1n) is 6.57. The van der Waals surface area contributed by atoms with E-state index in [0.717, 1.165) is 0 Å². The van der Waals surface area contributed by atoms with E-state index in [9.17, 15) is 22.4 Å². The van der Waals surface area contributed by atoms with Gasteiger partial charge in [0, 0.05) is 12.1 Å². The zero-order valence-electron chi connectivity index (χ0n) is 11.9. The molecule has 0 saturated heterocycles. The van der Waals surface area contributed by atoms with Gasteiger partial charge in [0.15, 0.2) is 0 Å². The fraction of sp³-hybridized carbons (Fsp3) is 0.500. The van der Waals surface area contributed by atoms with Crippen LogP contribution in [-0.2, 0) is 6.18 Å². The number of alkyl halides is 3. The number of nitrogens with one attached hydrogen (secondary N) is 1. The van der Waals surface area contributed by atoms with Crippen molar-refractivity contribution in [3.05, 3.63) is 35.1 Å². The van der Waals surface area contributed by atoms with Crippen LogP contribution in [-0.4, -0.2) is 18.0 Å². The number of carbonyl (C=O) groups excluding carboxylic acids is 1. The summed E-state index contributed by atoms with van der Waals surface area (Å²) in [5, 5.41) is 2.39. The fourth-order valence-corrected chi connectivity index (χ4v) is 1.73. The zero-order valence-corrected chi connectivity index (χ0v) is 11.9. The van der Waals surface area contributed by atoms with Crippen LogP contribution in [0, 0.1) is 5.82 Å². The van der Waals surface area contributed by atoms with E-state index in [-0.39, 0.29) is 6.54 Å². The lowest BCUT2D eigenvalue weighted by Crippen LogP contribution is -2.49. The van der Waals surface area contributed by atoms with Crippen molar-refractivity contribution < 1.29 is 22.4 Å². The monoisotopic (exact) mass is 306 g/mol. The molecule has 0 unspecified atom stereocenters. The quantitative estimate of drug-likeness (QED) is 0.821. The Bertz CT molecular complexity index is 510. The van der Waals surface area contributed by atoms with Gasteiger partial charge in [-0.15, -0.1) is 0 Å². The second-order valence-corrected chi connectivity index (χ2v) is 4.94. The van der Waals surface area contributed by atoms with Crippen molar-refractivity contribution in [2.24, 2.45) is 5.73 Å². The van der Waals surface area contributed by atoms with Crippen LogP contribution in [0.25, 0.3) is 0 Å². The summed E-state index contributed by atoms with van der Waals surface area (Å²) in [5.74, 6) is -1.91. The lowest BCUT2D eigenvalue weighted by molar-refractivity contribution is -0.137. The van der Waals surface area contributed by atoms with E-state index in [1.54, 1.807) is 0 Å². The lowest BCUT2D eigenvalue weighted by atomic mass is 9.94. The molecule has 1 aromatic carbocycles. The Kier molecular flexibility index (Phi) is 5.33. The maximum Gasteiger partial charge on any atom is 0.416 e. The third-order valence-electron chi connectivity index (χ3n) is 3.55. The molecule has 1 rings (SSSR count). The highest BCUT2D eigenvalue weighted by molar-refractivity contribution is 5.94. The van der Waals surface area contributed by atoms with Crippen molar-refractivity contribution in [3.8, 4) is 0 Å². The number of nitrogens with two attached hydrogens (primary N) is 1. The molecular formula is C14H18F4N2O. The molecule has 0 spiro atoms. The molecule has 3 N–H and O–H groups in total. The van der Waals surface area contributed by atoms with Gasteiger partial charge < -0.3 is 11.1 Å². The number of benzene rings is 1. The van der Waals surface area contributed by atoms with E-state index in [1.165, 1.54) is 0 Å². The summed E-state index contributed by atoms with van der Waals surface area (Å²) in [4.78, 5) is 11.8. The molecule has 0 bridgehead atoms. The second-order valence-electron chi connectivity index (χ2n) is 4.94. The second kappa shape index (κ2) is 6.43. The molecule has 0 fully saturated rings. The van der Waals surface area contributed by atoms with Crippen LogP contribution in [0.3, 0.4) is 0 Å². The van der Waals surface area contributed by atoms with Crippen molar-refractivity contribution in [2.75, 3.05) is 6.54 Å². The minimum absolute atomic E-state index is 0.0640. The van der Waals surface area contributed by atoms with Gasteiger partial charge in [-0.2, -0.15) is 13.2 Å². The van der Waals surface area contributed by atoms with Gasteiger partial charge in [-0.3, -0.25) is 4.79 Å². The van der Waals surface area contributed by atoms with Gasteiger partial charge in [0.2, 0.25) is 0 Å². The van der Waals surface area contributed by atoms with Crippen LogP contribution in [0.5, 0.6) is 0 Å². The Morgan fingerprint density at radius 1 is 1.24 bits per heavy atom. The Hall–Kier alpha value is -1.63. The fourth-order valence-electron chi connectivity index (χ4n) is 1.73. The molecular weight excluding hydrogens is 288 g/mol. The minimum atomic E-state index is -4.63. The maximum absolute atomic E-state index is 13.5. The maximum atomic E-state index is 13.5. The summed E-state index contributed by atoms with van der Waals surface area (Å²) in [7, 11) is 0. The minimum Gasteiger partial charge on any atom is -0.350 e. The topological polar surface area (TPSA) is 55.1 Å². The standard InChI is InChI=1S/C14H18F4N2O/c1-3-13(19,4-2)8-20-12(21)10-7-9(14(16,17)18)5-6-11(10)15/h5-7H,3-4,8,19H2,1-2H3,(H,20,21). The third-order valence-corrected chi connectivity index (χ3v) is 3.55. The predicted octanol–water partition coefficient (Wildman–Crippen LogP) is 3.09. The van der Waals surface area contributed by atoms with E-state index >= 15 is 0 Å². The Balaban J connectivity index is 2.93. The average molecular weight is 306 g/mol. The molecule has 1 amide bonds. The molecule has 0 saturated carbocycles. The Labute approximate surface area is 120 Å². The third kappa shape index (κ3) is 4.42. The molecule has 0 atom stereocenters. The van der Waals surface area contributed by atoms with E-state index in [1.807, 2.05) is 13.8 Å². The molecule has 118 valence electrons. The molecule has 0 aromatic heterocycles. The largest absolute Gasteiger partial charge is 0.416 e. The van der Waals surface area contributed by atoms with Gasteiger partial charge in [-0.1, -0.05) is 13.8 Å². The normalized spacial score (nSPS) is 12.3. The molecule has 21 heavy (non-hydrogen) atoms. The van der Waals surface area contributed by atoms with Crippen molar-refractivity contribution >= 4 is 5.91 Å². The lowest BCUT2D eigenvalue weighted by Gasteiger charge is -2.26. The zero-order chi connectivity index (χ0) is 16.3. The summed E-state index contributed by atoms with van der Waals surface area (Å²) in [6.07, 6.45) is -3.48. The van der Waals surface area contributed by atoms with Gasteiger partial charge in [0.1, 0.15) is 5.82 Å². The number of hydrogen-bond donors (Lipinski definition) is 2. The van der Waals surface area contributed by atoms with Gasteiger partial charge in [-0.25, -0.2) is 4.39 Å². The average Bonchev–Trinajstić information content (AvgIpc) is 2.43. The van der Waals surface area contributed by atoms with Gasteiger partial charge >= 0.3 is 6.18 Å². The van der Waals surface area contributed by atoms with Crippen molar-refractivity contribution in [3.63, 3.8) is 0 Å². The van der Waals surface area contributed by atoms with Crippen molar-refractivity contribution in [1.82, 2.24) is 5.32 Å². The van der Waals surface area contributed by atoms with E-state index in [4.69, 9.17) is 5.73 Å². The first kappa shape index (κ1) is 17.4. The first-order chi connectivity index (χ1) is 9.63. The van der Waals surface area contributed by atoms with E-state index in [2.05, 4.69) is 5.32 Å². The number of hydrogen-bond acceptors (Lipinski definition) is 2. The Morgan fingerprint density at radius 2 is 1.81 bits per heavy atom. The van der Waals surface area contributed by atoms with Gasteiger partial charge in [0.25, 0.3) is 5.91 Å². The summed E-state index contributed by atoms with van der Waals surface area (Å²) in [6, 6.07) is 1.73. The molecule has 0 aliphatic carbocycles. The van der Waals surface area contributed by atoms with Crippen LogP contribution >= 0.6 is 0 Å². The number of amides is 1. The van der Waals surface area contributed by atoms with Crippen LogP contribution in [0.2, 0.25) is 0 Å². The summed E-state index contributed by atoms with van der Waals surface area (Å²) in [6.45, 7) is 3.73. The van der Waals surface area contributed by atoms with Crippen LogP contribution in [0.1, 0.15) is 42.6 Å². The number of rotatable bonds is 5. The highest BCUT2D eigenvalue weighted by Crippen LogP contribution is 2.30. The van der Waals surface area contributed by atoms with Gasteiger partial charge in [-0.05, 0) is 31.0 Å².